The molecule has 0 unspecified atom stereocenters. The average Bonchev–Trinajstić information content (AvgIpc) is 2.69. The Kier molecular flexibility index (Phi) is 5.45. The Labute approximate surface area is 159 Å². The molecule has 4 rings (SSSR count). The first-order valence-electron chi connectivity index (χ1n) is 9.76. The van der Waals surface area contributed by atoms with E-state index in [0.29, 0.717) is 17.9 Å². The van der Waals surface area contributed by atoms with Crippen LogP contribution in [0.2, 0.25) is 0 Å². The molecule has 0 atom stereocenters. The highest BCUT2D eigenvalue weighted by atomic mass is 16.5. The normalized spacial score (nSPS) is 24.4. The number of aromatic nitrogens is 2. The first-order valence-corrected chi connectivity index (χ1v) is 9.76. The third kappa shape index (κ3) is 4.01. The third-order valence-electron chi connectivity index (χ3n) is 5.70. The molecule has 0 radical (unpaired) electrons. The highest BCUT2D eigenvalue weighted by Gasteiger charge is 2.26. The minimum absolute atomic E-state index is 0.349. The molecule has 0 amide bonds. The second kappa shape index (κ2) is 8.15. The van der Waals surface area contributed by atoms with Crippen LogP contribution in [0, 0.1) is 5.92 Å². The van der Waals surface area contributed by atoms with Gasteiger partial charge >= 0.3 is 0 Å². The van der Waals surface area contributed by atoms with Crippen molar-refractivity contribution in [2.45, 2.75) is 37.6 Å². The molecule has 27 heavy (non-hydrogen) atoms. The second-order valence-corrected chi connectivity index (χ2v) is 7.52. The lowest BCUT2D eigenvalue weighted by Gasteiger charge is -2.31. The Bertz CT molecular complexity index is 851. The number of nitrogens with two attached hydrogens (primary N) is 2. The van der Waals surface area contributed by atoms with E-state index in [1.807, 2.05) is 6.21 Å². The number of nitrogens with zero attached hydrogens (tertiary/aromatic N) is 3. The Hall–Kier alpha value is -2.31. The van der Waals surface area contributed by atoms with Crippen molar-refractivity contribution in [3.63, 3.8) is 0 Å². The first kappa shape index (κ1) is 18.1. The van der Waals surface area contributed by atoms with Crippen molar-refractivity contribution < 1.29 is 4.74 Å². The minimum atomic E-state index is 0.349. The molecule has 142 valence electrons. The number of aliphatic imine (C=N–C) groups is 1. The molecule has 2 aliphatic rings. The summed E-state index contributed by atoms with van der Waals surface area (Å²) in [4.78, 5) is 14.0. The van der Waals surface area contributed by atoms with Crippen LogP contribution in [0.5, 0.6) is 0 Å². The zero-order valence-corrected chi connectivity index (χ0v) is 15.6. The number of ether oxygens (including phenoxy) is 1. The third-order valence-corrected chi connectivity index (χ3v) is 5.70. The van der Waals surface area contributed by atoms with Crippen molar-refractivity contribution in [3.8, 4) is 0 Å². The van der Waals surface area contributed by atoms with Crippen LogP contribution in [0.3, 0.4) is 0 Å². The van der Waals surface area contributed by atoms with Crippen LogP contribution in [-0.2, 0) is 4.74 Å². The van der Waals surface area contributed by atoms with E-state index >= 15 is 0 Å². The first-order chi connectivity index (χ1) is 13.3. The van der Waals surface area contributed by atoms with Crippen LogP contribution in [0.4, 0.5) is 0 Å². The van der Waals surface area contributed by atoms with Crippen LogP contribution >= 0.6 is 0 Å². The number of hydrogen-bond acceptors (Lipinski definition) is 6. The van der Waals surface area contributed by atoms with Crippen LogP contribution in [0.15, 0.2) is 35.6 Å². The molecule has 2 fully saturated rings. The summed E-state index contributed by atoms with van der Waals surface area (Å²) in [7, 11) is 0. The van der Waals surface area contributed by atoms with Crippen LogP contribution in [-0.4, -0.2) is 42.0 Å². The molecule has 1 aliphatic carbocycles. The number of benzene rings is 1. The number of fused-ring (bicyclic) bond motifs is 1. The van der Waals surface area contributed by atoms with Gasteiger partial charge < -0.3 is 16.2 Å². The van der Waals surface area contributed by atoms with Crippen molar-refractivity contribution in [2.24, 2.45) is 22.4 Å². The lowest BCUT2D eigenvalue weighted by atomic mass is 9.81. The van der Waals surface area contributed by atoms with Gasteiger partial charge in [-0.1, -0.05) is 6.07 Å². The average molecular weight is 365 g/mol. The SMILES string of the molecule is NC=C(C=NC1CC(CN)C1)c1cnc2ccc(C3CCOCC3)cc2n1. The molecule has 1 saturated heterocycles. The molecule has 0 bridgehead atoms. The zero-order chi connectivity index (χ0) is 18.6. The van der Waals surface area contributed by atoms with Gasteiger partial charge in [-0.05, 0) is 61.8 Å². The predicted octanol–water partition coefficient (Wildman–Crippen LogP) is 2.63. The molecule has 1 aromatic carbocycles. The van der Waals surface area contributed by atoms with Crippen molar-refractivity contribution in [3.05, 3.63) is 41.9 Å². The molecule has 4 N–H and O–H groups in total. The molecule has 1 aromatic heterocycles. The van der Waals surface area contributed by atoms with E-state index in [9.17, 15) is 0 Å². The summed E-state index contributed by atoms with van der Waals surface area (Å²) in [6.07, 6.45) is 9.39. The van der Waals surface area contributed by atoms with Crippen molar-refractivity contribution in [1.29, 1.82) is 0 Å². The molecule has 1 aliphatic heterocycles. The number of hydrogen-bond donors (Lipinski definition) is 2. The number of rotatable bonds is 5. The molecule has 6 heteroatoms. The minimum Gasteiger partial charge on any atom is -0.404 e. The summed E-state index contributed by atoms with van der Waals surface area (Å²) in [5.41, 5.74) is 16.2. The zero-order valence-electron chi connectivity index (χ0n) is 15.6. The van der Waals surface area contributed by atoms with Gasteiger partial charge in [0.05, 0.1) is 29.0 Å². The highest BCUT2D eigenvalue weighted by molar-refractivity contribution is 6.09. The maximum absolute atomic E-state index is 5.84. The fourth-order valence-corrected chi connectivity index (χ4v) is 3.85. The second-order valence-electron chi connectivity index (χ2n) is 7.52. The van der Waals surface area contributed by atoms with Crippen LogP contribution in [0.25, 0.3) is 16.6 Å². The van der Waals surface area contributed by atoms with Gasteiger partial charge in [0.25, 0.3) is 0 Å². The predicted molar refractivity (Wildman–Crippen MR) is 109 cm³/mol. The van der Waals surface area contributed by atoms with Gasteiger partial charge in [0.1, 0.15) is 0 Å². The topological polar surface area (TPSA) is 99.4 Å². The molecule has 2 aromatic rings. The van der Waals surface area contributed by atoms with E-state index in [1.54, 1.807) is 12.4 Å². The fourth-order valence-electron chi connectivity index (χ4n) is 3.85. The Morgan fingerprint density at radius 3 is 2.78 bits per heavy atom. The van der Waals surface area contributed by atoms with Crippen molar-refractivity contribution >= 4 is 22.8 Å². The molecular weight excluding hydrogens is 338 g/mol. The van der Waals surface area contributed by atoms with Gasteiger partial charge in [-0.15, -0.1) is 0 Å². The Balaban J connectivity index is 1.54. The van der Waals surface area contributed by atoms with E-state index < -0.39 is 0 Å². The van der Waals surface area contributed by atoms with E-state index in [2.05, 4.69) is 28.2 Å². The van der Waals surface area contributed by atoms with Crippen molar-refractivity contribution in [2.75, 3.05) is 19.8 Å². The van der Waals surface area contributed by atoms with Gasteiger partial charge in [-0.2, -0.15) is 0 Å². The van der Waals surface area contributed by atoms with E-state index in [1.165, 1.54) is 5.56 Å². The fraction of sp³-hybridized carbons (Fsp3) is 0.476. The lowest BCUT2D eigenvalue weighted by Crippen LogP contribution is -2.32. The monoisotopic (exact) mass is 365 g/mol. The maximum Gasteiger partial charge on any atom is 0.0922 e. The summed E-state index contributed by atoms with van der Waals surface area (Å²) >= 11 is 0. The smallest absolute Gasteiger partial charge is 0.0922 e. The summed E-state index contributed by atoms with van der Waals surface area (Å²) < 4.78 is 5.48. The molecule has 6 nitrogen and oxygen atoms in total. The van der Waals surface area contributed by atoms with Gasteiger partial charge in [0.15, 0.2) is 0 Å². The van der Waals surface area contributed by atoms with E-state index in [4.69, 9.17) is 21.2 Å². The summed E-state index contributed by atoms with van der Waals surface area (Å²) in [5.74, 6) is 1.15. The number of allylic oxidation sites excluding steroid dienone is 1. The van der Waals surface area contributed by atoms with Crippen molar-refractivity contribution in [1.82, 2.24) is 9.97 Å². The Morgan fingerprint density at radius 2 is 2.04 bits per heavy atom. The summed E-state index contributed by atoms with van der Waals surface area (Å²) in [5, 5.41) is 0. The largest absolute Gasteiger partial charge is 0.404 e. The summed E-state index contributed by atoms with van der Waals surface area (Å²) in [6.45, 7) is 2.41. The van der Waals surface area contributed by atoms with E-state index in [0.717, 1.165) is 67.7 Å². The quantitative estimate of drug-likeness (QED) is 0.794. The molecule has 2 heterocycles. The lowest BCUT2D eigenvalue weighted by molar-refractivity contribution is 0.0853. The molecular formula is C21H27N5O. The van der Waals surface area contributed by atoms with Gasteiger partial charge in [0, 0.05) is 31.2 Å². The molecule has 1 saturated carbocycles. The van der Waals surface area contributed by atoms with Crippen LogP contribution < -0.4 is 11.5 Å². The van der Waals surface area contributed by atoms with Gasteiger partial charge in [0.2, 0.25) is 0 Å². The van der Waals surface area contributed by atoms with Gasteiger partial charge in [-0.3, -0.25) is 9.98 Å². The maximum atomic E-state index is 5.84. The Morgan fingerprint density at radius 1 is 1.22 bits per heavy atom. The van der Waals surface area contributed by atoms with Gasteiger partial charge in [-0.25, -0.2) is 4.98 Å². The van der Waals surface area contributed by atoms with Crippen LogP contribution in [0.1, 0.15) is 42.9 Å². The molecule has 0 spiro atoms. The summed E-state index contributed by atoms with van der Waals surface area (Å²) in [6, 6.07) is 6.73. The van der Waals surface area contributed by atoms with E-state index in [-0.39, 0.29) is 0 Å². The standard InChI is InChI=1S/C21H27N5O/c22-10-14-7-18(8-14)24-12-17(11-23)21-13-25-19-2-1-16(9-20(19)26-21)15-3-5-27-6-4-15/h1-2,9,11-15,18H,3-8,10,22-23H2. The highest BCUT2D eigenvalue weighted by Crippen LogP contribution is 2.30.